The Morgan fingerprint density at radius 1 is 1.00 bits per heavy atom. The lowest BCUT2D eigenvalue weighted by Gasteiger charge is -2.12. The van der Waals surface area contributed by atoms with E-state index in [1.54, 1.807) is 26.0 Å². The lowest BCUT2D eigenvalue weighted by molar-refractivity contribution is -0.394. The minimum Gasteiger partial charge on any atom is -0.484 e. The number of nitrogens with one attached hydrogen (secondary N) is 3. The molecular weight excluding hydrogens is 466 g/mol. The van der Waals surface area contributed by atoms with Crippen LogP contribution in [0.15, 0.2) is 30.3 Å². The molecule has 0 unspecified atom stereocenters. The van der Waals surface area contributed by atoms with Gasteiger partial charge in [-0.05, 0) is 49.3 Å². The smallest absolute Gasteiger partial charge is 0.277 e. The highest BCUT2D eigenvalue weighted by Crippen LogP contribution is 2.26. The van der Waals surface area contributed by atoms with Gasteiger partial charge in [0.05, 0.1) is 21.5 Å². The van der Waals surface area contributed by atoms with Crippen molar-refractivity contribution in [2.24, 2.45) is 0 Å². The fourth-order valence-electron chi connectivity index (χ4n) is 2.44. The van der Waals surface area contributed by atoms with Crippen LogP contribution in [0.5, 0.6) is 5.75 Å². The molecule has 2 aromatic rings. The third-order valence-corrected chi connectivity index (χ3v) is 4.71. The highest BCUT2D eigenvalue weighted by Gasteiger charge is 2.20. The standard InChI is InChI=1S/C18H16ClN5O7S/c1-9-3-14(4-10(2)16(9)19)31-8-15(25)21-22-18(32)20-17(26)11-5-12(23(27)28)7-13(6-11)24(29)30/h3-7H,8H2,1-2H3,(H,21,25)(H2,20,22,26,32). The van der Waals surface area contributed by atoms with Crippen LogP contribution in [0.4, 0.5) is 11.4 Å². The number of nitro benzene ring substituents is 2. The minimum absolute atomic E-state index is 0.351. The SMILES string of the molecule is Cc1cc(OCC(=O)NNC(=S)NC(=O)c2cc([N+](=O)[O-])cc([N+](=O)[O-])c2)cc(C)c1Cl. The summed E-state index contributed by atoms with van der Waals surface area (Å²) in [6.45, 7) is 3.21. The van der Waals surface area contributed by atoms with Gasteiger partial charge in [-0.1, -0.05) is 11.6 Å². The average Bonchev–Trinajstić information content (AvgIpc) is 2.73. The fraction of sp³-hybridized carbons (Fsp3) is 0.167. The monoisotopic (exact) mass is 481 g/mol. The second-order valence-electron chi connectivity index (χ2n) is 6.37. The predicted molar refractivity (Wildman–Crippen MR) is 118 cm³/mol. The van der Waals surface area contributed by atoms with Crippen molar-refractivity contribution >= 4 is 52.1 Å². The molecule has 168 valence electrons. The Morgan fingerprint density at radius 2 is 1.53 bits per heavy atom. The molecule has 0 aliphatic carbocycles. The molecule has 0 atom stereocenters. The van der Waals surface area contributed by atoms with Gasteiger partial charge in [-0.3, -0.25) is 46.0 Å². The Bertz CT molecular complexity index is 1070. The van der Waals surface area contributed by atoms with Gasteiger partial charge in [0.15, 0.2) is 11.7 Å². The van der Waals surface area contributed by atoms with E-state index in [0.29, 0.717) is 10.8 Å². The molecule has 0 bridgehead atoms. The molecule has 12 nitrogen and oxygen atoms in total. The average molecular weight is 482 g/mol. The first-order valence-electron chi connectivity index (χ1n) is 8.71. The van der Waals surface area contributed by atoms with Crippen molar-refractivity contribution in [3.8, 4) is 5.75 Å². The molecule has 2 amide bonds. The summed E-state index contributed by atoms with van der Waals surface area (Å²) in [4.78, 5) is 44.2. The molecule has 2 rings (SSSR count). The van der Waals surface area contributed by atoms with Crippen LogP contribution in [0.25, 0.3) is 0 Å². The quantitative estimate of drug-likeness (QED) is 0.319. The van der Waals surface area contributed by atoms with Gasteiger partial charge in [-0.15, -0.1) is 0 Å². The van der Waals surface area contributed by atoms with Crippen molar-refractivity contribution in [3.63, 3.8) is 0 Å². The summed E-state index contributed by atoms with van der Waals surface area (Å²) in [5.74, 6) is -1.15. The first-order chi connectivity index (χ1) is 15.0. The number of aryl methyl sites for hydroxylation is 2. The summed E-state index contributed by atoms with van der Waals surface area (Å²) >= 11 is 10.9. The number of carbonyl (C=O) groups excluding carboxylic acids is 2. The number of halogens is 1. The lowest BCUT2D eigenvalue weighted by atomic mass is 10.1. The zero-order chi connectivity index (χ0) is 24.0. The van der Waals surface area contributed by atoms with Crippen molar-refractivity contribution < 1.29 is 24.2 Å². The van der Waals surface area contributed by atoms with E-state index >= 15 is 0 Å². The number of non-ortho nitro benzene ring substituents is 2. The normalized spacial score (nSPS) is 10.1. The second kappa shape index (κ2) is 10.5. The van der Waals surface area contributed by atoms with Crippen LogP contribution in [-0.2, 0) is 4.79 Å². The molecule has 0 aliphatic rings. The molecular formula is C18H16ClN5O7S. The van der Waals surface area contributed by atoms with Crippen LogP contribution in [0.1, 0.15) is 21.5 Å². The van der Waals surface area contributed by atoms with Crippen molar-refractivity contribution in [1.29, 1.82) is 0 Å². The number of rotatable bonds is 6. The van der Waals surface area contributed by atoms with Gasteiger partial charge in [0.25, 0.3) is 23.2 Å². The number of thiocarbonyl (C=S) groups is 1. The van der Waals surface area contributed by atoms with Gasteiger partial charge >= 0.3 is 0 Å². The van der Waals surface area contributed by atoms with E-state index in [-0.39, 0.29) is 17.3 Å². The molecule has 0 saturated carbocycles. The number of carbonyl (C=O) groups is 2. The van der Waals surface area contributed by atoms with E-state index in [0.717, 1.165) is 29.3 Å². The number of nitro groups is 2. The molecule has 0 heterocycles. The number of benzene rings is 2. The Balaban J connectivity index is 1.91. The molecule has 14 heteroatoms. The fourth-order valence-corrected chi connectivity index (χ4v) is 2.70. The number of amides is 2. The van der Waals surface area contributed by atoms with E-state index in [1.165, 1.54) is 0 Å². The maximum Gasteiger partial charge on any atom is 0.277 e. The van der Waals surface area contributed by atoms with Crippen LogP contribution >= 0.6 is 23.8 Å². The maximum atomic E-state index is 12.2. The molecule has 0 spiro atoms. The van der Waals surface area contributed by atoms with Gasteiger partial charge < -0.3 is 4.74 Å². The van der Waals surface area contributed by atoms with Crippen molar-refractivity contribution in [3.05, 3.63) is 72.3 Å². The number of nitrogens with zero attached hydrogens (tertiary/aromatic N) is 2. The highest BCUT2D eigenvalue weighted by atomic mass is 35.5. The third kappa shape index (κ3) is 6.58. The van der Waals surface area contributed by atoms with E-state index in [1.807, 2.05) is 0 Å². The first kappa shape index (κ1) is 24.4. The van der Waals surface area contributed by atoms with E-state index < -0.39 is 33.0 Å². The van der Waals surface area contributed by atoms with Crippen LogP contribution in [0.3, 0.4) is 0 Å². The molecule has 0 saturated heterocycles. The van der Waals surface area contributed by atoms with E-state index in [9.17, 15) is 29.8 Å². The highest BCUT2D eigenvalue weighted by molar-refractivity contribution is 7.80. The van der Waals surface area contributed by atoms with Gasteiger partial charge in [-0.2, -0.15) is 0 Å². The van der Waals surface area contributed by atoms with Gasteiger partial charge in [-0.25, -0.2) is 0 Å². The van der Waals surface area contributed by atoms with E-state index in [2.05, 4.69) is 16.2 Å². The zero-order valence-electron chi connectivity index (χ0n) is 16.6. The van der Waals surface area contributed by atoms with Gasteiger partial charge in [0.2, 0.25) is 0 Å². The summed E-state index contributed by atoms with van der Waals surface area (Å²) in [6, 6.07) is 5.76. The lowest BCUT2D eigenvalue weighted by Crippen LogP contribution is -2.49. The minimum atomic E-state index is -0.952. The number of hydrogen-bond donors (Lipinski definition) is 3. The summed E-state index contributed by atoms with van der Waals surface area (Å²) in [7, 11) is 0. The molecule has 0 fully saturated rings. The third-order valence-electron chi connectivity index (χ3n) is 3.91. The Hall–Kier alpha value is -3.84. The van der Waals surface area contributed by atoms with Crippen molar-refractivity contribution in [2.45, 2.75) is 13.8 Å². The van der Waals surface area contributed by atoms with Crippen molar-refractivity contribution in [2.75, 3.05) is 6.61 Å². The van der Waals surface area contributed by atoms with Gasteiger partial charge in [0, 0.05) is 17.2 Å². The van der Waals surface area contributed by atoms with Gasteiger partial charge in [0.1, 0.15) is 5.75 Å². The second-order valence-corrected chi connectivity index (χ2v) is 7.15. The molecule has 0 aliphatic heterocycles. The summed E-state index contributed by atoms with van der Waals surface area (Å²) in [5, 5.41) is 24.2. The summed E-state index contributed by atoms with van der Waals surface area (Å²) < 4.78 is 5.37. The van der Waals surface area contributed by atoms with E-state index in [4.69, 9.17) is 28.6 Å². The largest absolute Gasteiger partial charge is 0.484 e. The number of hydrogen-bond acceptors (Lipinski definition) is 8. The first-order valence-corrected chi connectivity index (χ1v) is 9.50. The summed E-state index contributed by atoms with van der Waals surface area (Å²) in [6.07, 6.45) is 0. The molecule has 2 aromatic carbocycles. The Kier molecular flexibility index (Phi) is 7.98. The summed E-state index contributed by atoms with van der Waals surface area (Å²) in [5.41, 5.74) is 4.38. The molecule has 32 heavy (non-hydrogen) atoms. The Morgan fingerprint density at radius 3 is 2.03 bits per heavy atom. The maximum absolute atomic E-state index is 12.2. The van der Waals surface area contributed by atoms with Crippen molar-refractivity contribution in [1.82, 2.24) is 16.2 Å². The van der Waals surface area contributed by atoms with Crippen LogP contribution in [0, 0.1) is 34.1 Å². The number of hydrazine groups is 1. The van der Waals surface area contributed by atoms with Crippen LogP contribution in [0.2, 0.25) is 5.02 Å². The zero-order valence-corrected chi connectivity index (χ0v) is 18.2. The topological polar surface area (TPSA) is 166 Å². The van der Waals surface area contributed by atoms with Crippen LogP contribution in [-0.4, -0.2) is 33.4 Å². The molecule has 3 N–H and O–H groups in total. The predicted octanol–water partition coefficient (Wildman–Crippen LogP) is 2.49. The molecule has 0 radical (unpaired) electrons. The van der Waals surface area contributed by atoms with Crippen LogP contribution < -0.4 is 20.9 Å². The Labute approximate surface area is 191 Å². The molecule has 0 aromatic heterocycles. The number of ether oxygens (including phenoxy) is 1.